The standard InChI is InChI=1S/C14H33N3O2/c1-12(2)10-17(9-8-16(4)5)14(3,11-15)13(18-6)19-7/h12-13H,8-11,15H2,1-7H3. The van der Waals surface area contributed by atoms with E-state index in [0.717, 1.165) is 19.6 Å². The Hall–Kier alpha value is -0.200. The summed E-state index contributed by atoms with van der Waals surface area (Å²) < 4.78 is 10.9. The molecule has 19 heavy (non-hydrogen) atoms. The van der Waals surface area contributed by atoms with Crippen LogP contribution in [0.4, 0.5) is 0 Å². The van der Waals surface area contributed by atoms with Crippen LogP contribution in [0.15, 0.2) is 0 Å². The van der Waals surface area contributed by atoms with Gasteiger partial charge >= 0.3 is 0 Å². The number of hydrogen-bond acceptors (Lipinski definition) is 5. The molecular formula is C14H33N3O2. The van der Waals surface area contributed by atoms with Gasteiger partial charge in [-0.15, -0.1) is 0 Å². The Balaban J connectivity index is 5.02. The third-order valence-corrected chi connectivity index (χ3v) is 3.47. The predicted octanol–water partition coefficient (Wildman–Crippen LogP) is 0.842. The van der Waals surface area contributed by atoms with Crippen LogP contribution in [0.2, 0.25) is 0 Å². The van der Waals surface area contributed by atoms with E-state index >= 15 is 0 Å². The zero-order chi connectivity index (χ0) is 15.1. The third-order valence-electron chi connectivity index (χ3n) is 3.47. The van der Waals surface area contributed by atoms with Gasteiger partial charge in [-0.1, -0.05) is 13.8 Å². The molecule has 0 aliphatic rings. The van der Waals surface area contributed by atoms with E-state index in [9.17, 15) is 0 Å². The van der Waals surface area contributed by atoms with Gasteiger partial charge in [0, 0.05) is 40.4 Å². The van der Waals surface area contributed by atoms with E-state index in [0.29, 0.717) is 12.5 Å². The molecule has 5 nitrogen and oxygen atoms in total. The topological polar surface area (TPSA) is 51.0 Å². The van der Waals surface area contributed by atoms with E-state index in [1.807, 2.05) is 0 Å². The monoisotopic (exact) mass is 275 g/mol. The minimum Gasteiger partial charge on any atom is -0.354 e. The predicted molar refractivity (Wildman–Crippen MR) is 80.2 cm³/mol. The van der Waals surface area contributed by atoms with Gasteiger partial charge in [0.1, 0.15) is 0 Å². The molecular weight excluding hydrogens is 242 g/mol. The third kappa shape index (κ3) is 5.75. The average molecular weight is 275 g/mol. The first-order valence-corrected chi connectivity index (χ1v) is 6.97. The Morgan fingerprint density at radius 1 is 1.11 bits per heavy atom. The molecule has 5 heteroatoms. The zero-order valence-corrected chi connectivity index (χ0v) is 13.8. The largest absolute Gasteiger partial charge is 0.354 e. The van der Waals surface area contributed by atoms with Crippen molar-refractivity contribution in [3.8, 4) is 0 Å². The van der Waals surface area contributed by atoms with Gasteiger partial charge in [-0.2, -0.15) is 0 Å². The molecule has 0 spiro atoms. The normalized spacial score (nSPS) is 15.8. The quantitative estimate of drug-likeness (QED) is 0.599. The van der Waals surface area contributed by atoms with Gasteiger partial charge in [-0.3, -0.25) is 4.90 Å². The van der Waals surface area contributed by atoms with Crippen molar-refractivity contribution in [1.82, 2.24) is 9.80 Å². The van der Waals surface area contributed by atoms with Crippen molar-refractivity contribution in [2.24, 2.45) is 11.7 Å². The van der Waals surface area contributed by atoms with Gasteiger partial charge in [0.15, 0.2) is 6.29 Å². The van der Waals surface area contributed by atoms with Crippen LogP contribution < -0.4 is 5.73 Å². The van der Waals surface area contributed by atoms with E-state index in [1.54, 1.807) is 14.2 Å². The van der Waals surface area contributed by atoms with Gasteiger partial charge in [0.05, 0.1) is 5.54 Å². The van der Waals surface area contributed by atoms with E-state index in [1.165, 1.54) is 0 Å². The van der Waals surface area contributed by atoms with Crippen LogP contribution in [0.3, 0.4) is 0 Å². The second kappa shape index (κ2) is 8.87. The van der Waals surface area contributed by atoms with Crippen molar-refractivity contribution in [3.63, 3.8) is 0 Å². The molecule has 1 unspecified atom stereocenters. The molecule has 0 heterocycles. The molecule has 0 fully saturated rings. The Bertz CT molecular complexity index is 233. The molecule has 0 radical (unpaired) electrons. The van der Waals surface area contributed by atoms with Gasteiger partial charge in [0.25, 0.3) is 0 Å². The van der Waals surface area contributed by atoms with Crippen LogP contribution in [0.25, 0.3) is 0 Å². The number of ether oxygens (including phenoxy) is 2. The van der Waals surface area contributed by atoms with E-state index in [-0.39, 0.29) is 11.8 Å². The zero-order valence-electron chi connectivity index (χ0n) is 13.8. The van der Waals surface area contributed by atoms with E-state index in [2.05, 4.69) is 44.7 Å². The lowest BCUT2D eigenvalue weighted by atomic mass is 9.97. The molecule has 0 bridgehead atoms. The molecule has 0 aromatic carbocycles. The van der Waals surface area contributed by atoms with Crippen molar-refractivity contribution in [3.05, 3.63) is 0 Å². The smallest absolute Gasteiger partial charge is 0.176 e. The van der Waals surface area contributed by atoms with Crippen LogP contribution in [0.1, 0.15) is 20.8 Å². The Morgan fingerprint density at radius 2 is 1.63 bits per heavy atom. The van der Waals surface area contributed by atoms with Crippen LogP contribution in [-0.4, -0.2) is 76.1 Å². The fourth-order valence-corrected chi connectivity index (χ4v) is 2.30. The molecule has 0 saturated heterocycles. The number of nitrogens with two attached hydrogens (primary N) is 1. The van der Waals surface area contributed by atoms with Crippen LogP contribution in [0, 0.1) is 5.92 Å². The first-order valence-electron chi connectivity index (χ1n) is 6.97. The first-order chi connectivity index (χ1) is 8.81. The van der Waals surface area contributed by atoms with Gasteiger partial charge < -0.3 is 20.1 Å². The SMILES string of the molecule is COC(OC)C(C)(CN)N(CCN(C)C)CC(C)C. The molecule has 2 N–H and O–H groups in total. The minimum atomic E-state index is -0.321. The maximum Gasteiger partial charge on any atom is 0.176 e. The van der Waals surface area contributed by atoms with Gasteiger partial charge in [0.2, 0.25) is 0 Å². The highest BCUT2D eigenvalue weighted by atomic mass is 16.7. The molecule has 1 atom stereocenters. The number of rotatable bonds is 10. The molecule has 0 amide bonds. The molecule has 0 aliphatic heterocycles. The summed E-state index contributed by atoms with van der Waals surface area (Å²) in [5, 5.41) is 0. The summed E-state index contributed by atoms with van der Waals surface area (Å²) in [6.45, 7) is 9.96. The van der Waals surface area contributed by atoms with Crippen molar-refractivity contribution in [2.45, 2.75) is 32.6 Å². The van der Waals surface area contributed by atoms with Crippen LogP contribution in [-0.2, 0) is 9.47 Å². The van der Waals surface area contributed by atoms with Gasteiger partial charge in [-0.25, -0.2) is 0 Å². The summed E-state index contributed by atoms with van der Waals surface area (Å²) in [7, 11) is 7.50. The maximum atomic E-state index is 6.03. The summed E-state index contributed by atoms with van der Waals surface area (Å²) in [5.41, 5.74) is 5.71. The Morgan fingerprint density at radius 3 is 1.95 bits per heavy atom. The lowest BCUT2D eigenvalue weighted by Crippen LogP contribution is -2.62. The summed E-state index contributed by atoms with van der Waals surface area (Å²) in [4.78, 5) is 4.56. The second-order valence-corrected chi connectivity index (χ2v) is 6.01. The highest BCUT2D eigenvalue weighted by molar-refractivity contribution is 4.91. The molecule has 0 saturated carbocycles. The minimum absolute atomic E-state index is 0.316. The molecule has 116 valence electrons. The highest BCUT2D eigenvalue weighted by Gasteiger charge is 2.39. The molecule has 0 aromatic rings. The fraction of sp³-hybridized carbons (Fsp3) is 1.00. The Labute approximate surface area is 119 Å². The van der Waals surface area contributed by atoms with Gasteiger partial charge in [-0.05, 0) is 26.9 Å². The van der Waals surface area contributed by atoms with Crippen LogP contribution in [0.5, 0.6) is 0 Å². The Kier molecular flexibility index (Phi) is 8.78. The van der Waals surface area contributed by atoms with Crippen molar-refractivity contribution in [2.75, 3.05) is 54.5 Å². The van der Waals surface area contributed by atoms with Crippen molar-refractivity contribution >= 4 is 0 Å². The van der Waals surface area contributed by atoms with Crippen molar-refractivity contribution < 1.29 is 9.47 Å². The summed E-state index contributed by atoms with van der Waals surface area (Å²) in [6, 6.07) is 0. The van der Waals surface area contributed by atoms with Crippen LogP contribution >= 0.6 is 0 Å². The highest BCUT2D eigenvalue weighted by Crippen LogP contribution is 2.22. The lowest BCUT2D eigenvalue weighted by molar-refractivity contribution is -0.183. The number of nitrogens with zero attached hydrogens (tertiary/aromatic N) is 2. The summed E-state index contributed by atoms with van der Waals surface area (Å²) in [6.07, 6.45) is -0.321. The summed E-state index contributed by atoms with van der Waals surface area (Å²) in [5.74, 6) is 0.572. The first kappa shape index (κ1) is 18.8. The molecule has 0 aromatic heterocycles. The maximum absolute atomic E-state index is 6.03. The molecule has 0 rings (SSSR count). The fourth-order valence-electron chi connectivity index (χ4n) is 2.30. The number of hydrogen-bond donors (Lipinski definition) is 1. The van der Waals surface area contributed by atoms with E-state index < -0.39 is 0 Å². The molecule has 0 aliphatic carbocycles. The number of likely N-dealkylation sites (N-methyl/N-ethyl adjacent to an activating group) is 1. The average Bonchev–Trinajstić information content (AvgIpc) is 2.34. The lowest BCUT2D eigenvalue weighted by Gasteiger charge is -2.45. The second-order valence-electron chi connectivity index (χ2n) is 6.01. The summed E-state index contributed by atoms with van der Waals surface area (Å²) >= 11 is 0. The van der Waals surface area contributed by atoms with Crippen molar-refractivity contribution in [1.29, 1.82) is 0 Å². The van der Waals surface area contributed by atoms with E-state index in [4.69, 9.17) is 15.2 Å². The number of methoxy groups -OCH3 is 2.